The Kier molecular flexibility index (Phi) is 2.79. The minimum absolute atomic E-state index is 1.11. The molecule has 1 aromatic carbocycles. The molecule has 0 aliphatic heterocycles. The highest BCUT2D eigenvalue weighted by Gasteiger charge is 2.09. The molecule has 0 aliphatic carbocycles. The van der Waals surface area contributed by atoms with Crippen molar-refractivity contribution < 1.29 is 0 Å². The normalized spacial score (nSPS) is 10.5. The van der Waals surface area contributed by atoms with E-state index in [1.54, 1.807) is 0 Å². The van der Waals surface area contributed by atoms with Crippen LogP contribution < -0.4 is 0 Å². The molecular weight excluding hydrogens is 306 g/mol. The Morgan fingerprint density at radius 3 is 2.14 bits per heavy atom. The second kappa shape index (κ2) is 3.91. The molecule has 0 bridgehead atoms. The largest absolute Gasteiger partial charge is 0.351 e. The first-order valence-electron chi connectivity index (χ1n) is 4.26. The number of halogens is 2. The van der Waals surface area contributed by atoms with Crippen LogP contribution in [-0.2, 0) is 7.05 Å². The summed E-state index contributed by atoms with van der Waals surface area (Å²) in [6.45, 7) is 0. The summed E-state index contributed by atoms with van der Waals surface area (Å²) in [5.74, 6) is 0. The average molecular weight is 315 g/mol. The number of benzene rings is 1. The van der Waals surface area contributed by atoms with Gasteiger partial charge in [-0.05, 0) is 24.3 Å². The molecule has 0 N–H and O–H groups in total. The van der Waals surface area contributed by atoms with Crippen molar-refractivity contribution in [2.75, 3.05) is 0 Å². The van der Waals surface area contributed by atoms with E-state index in [4.69, 9.17) is 0 Å². The number of nitrogens with zero attached hydrogens (tertiary/aromatic N) is 1. The van der Waals surface area contributed by atoms with Gasteiger partial charge in [-0.2, -0.15) is 0 Å². The van der Waals surface area contributed by atoms with Crippen LogP contribution >= 0.6 is 31.9 Å². The Morgan fingerprint density at radius 1 is 1.00 bits per heavy atom. The fourth-order valence-electron chi connectivity index (χ4n) is 1.46. The Labute approximate surface area is 100 Å². The molecule has 0 aliphatic rings. The molecule has 0 spiro atoms. The van der Waals surface area contributed by atoms with Gasteiger partial charge in [0.15, 0.2) is 0 Å². The van der Waals surface area contributed by atoms with Crippen LogP contribution in [-0.4, -0.2) is 4.57 Å². The zero-order chi connectivity index (χ0) is 10.1. The molecule has 3 heteroatoms. The first-order chi connectivity index (χ1) is 6.70. The standard InChI is InChI=1S/C11H9Br2N/c1-14-7-3-6-10(14)11-8(12)4-2-5-9(11)13/h2-7H,1H3. The molecule has 14 heavy (non-hydrogen) atoms. The summed E-state index contributed by atoms with van der Waals surface area (Å²) in [5.41, 5.74) is 2.39. The topological polar surface area (TPSA) is 4.93 Å². The van der Waals surface area contributed by atoms with E-state index in [1.165, 1.54) is 11.3 Å². The van der Waals surface area contributed by atoms with Gasteiger partial charge in [0.05, 0.1) is 5.69 Å². The number of hydrogen-bond donors (Lipinski definition) is 0. The summed E-state index contributed by atoms with van der Waals surface area (Å²) in [6.07, 6.45) is 2.04. The van der Waals surface area contributed by atoms with Crippen LogP contribution in [0.1, 0.15) is 0 Å². The number of aromatic nitrogens is 1. The van der Waals surface area contributed by atoms with Gasteiger partial charge in [-0.3, -0.25) is 0 Å². The van der Waals surface area contributed by atoms with Gasteiger partial charge in [0, 0.05) is 27.8 Å². The van der Waals surface area contributed by atoms with E-state index >= 15 is 0 Å². The van der Waals surface area contributed by atoms with E-state index in [-0.39, 0.29) is 0 Å². The molecule has 2 aromatic rings. The molecule has 0 amide bonds. The summed E-state index contributed by atoms with van der Waals surface area (Å²) in [4.78, 5) is 0. The number of hydrogen-bond acceptors (Lipinski definition) is 0. The molecule has 1 heterocycles. The van der Waals surface area contributed by atoms with E-state index in [1.807, 2.05) is 37.5 Å². The zero-order valence-electron chi connectivity index (χ0n) is 7.67. The van der Waals surface area contributed by atoms with Gasteiger partial charge in [0.25, 0.3) is 0 Å². The lowest BCUT2D eigenvalue weighted by Gasteiger charge is -2.08. The maximum absolute atomic E-state index is 3.56. The smallest absolute Gasteiger partial charge is 0.0500 e. The van der Waals surface area contributed by atoms with E-state index in [0.717, 1.165) is 8.95 Å². The average Bonchev–Trinajstić information content (AvgIpc) is 2.52. The van der Waals surface area contributed by atoms with Gasteiger partial charge in [-0.15, -0.1) is 0 Å². The highest BCUT2D eigenvalue weighted by molar-refractivity contribution is 9.11. The Hall–Kier alpha value is -0.540. The zero-order valence-corrected chi connectivity index (χ0v) is 10.8. The summed E-state index contributed by atoms with van der Waals surface area (Å²) in [5, 5.41) is 0. The van der Waals surface area contributed by atoms with Gasteiger partial charge in [0.1, 0.15) is 0 Å². The van der Waals surface area contributed by atoms with Gasteiger partial charge in [0.2, 0.25) is 0 Å². The van der Waals surface area contributed by atoms with E-state index in [0.29, 0.717) is 0 Å². The van der Waals surface area contributed by atoms with E-state index in [9.17, 15) is 0 Å². The van der Waals surface area contributed by atoms with Gasteiger partial charge >= 0.3 is 0 Å². The minimum atomic E-state index is 1.11. The third-order valence-corrected chi connectivity index (χ3v) is 3.48. The summed E-state index contributed by atoms with van der Waals surface area (Å²) in [7, 11) is 2.04. The van der Waals surface area contributed by atoms with Crippen molar-refractivity contribution in [3.05, 3.63) is 45.5 Å². The highest BCUT2D eigenvalue weighted by atomic mass is 79.9. The third kappa shape index (κ3) is 1.66. The number of rotatable bonds is 1. The van der Waals surface area contributed by atoms with Crippen LogP contribution in [0.25, 0.3) is 11.3 Å². The monoisotopic (exact) mass is 313 g/mol. The van der Waals surface area contributed by atoms with Crippen molar-refractivity contribution in [1.29, 1.82) is 0 Å². The molecule has 0 radical (unpaired) electrons. The van der Waals surface area contributed by atoms with Crippen molar-refractivity contribution in [2.24, 2.45) is 7.05 Å². The highest BCUT2D eigenvalue weighted by Crippen LogP contribution is 2.34. The third-order valence-electron chi connectivity index (χ3n) is 2.16. The van der Waals surface area contributed by atoms with Gasteiger partial charge in [-0.1, -0.05) is 37.9 Å². The lowest BCUT2D eigenvalue weighted by molar-refractivity contribution is 0.936. The quantitative estimate of drug-likeness (QED) is 0.743. The molecule has 0 saturated heterocycles. The van der Waals surface area contributed by atoms with Gasteiger partial charge < -0.3 is 4.57 Å². The lowest BCUT2D eigenvalue weighted by Crippen LogP contribution is -1.90. The molecule has 0 saturated carbocycles. The second-order valence-electron chi connectivity index (χ2n) is 3.10. The van der Waals surface area contributed by atoms with Crippen LogP contribution in [0, 0.1) is 0 Å². The van der Waals surface area contributed by atoms with E-state index in [2.05, 4.69) is 42.5 Å². The minimum Gasteiger partial charge on any atom is -0.351 e. The van der Waals surface area contributed by atoms with Crippen LogP contribution in [0.4, 0.5) is 0 Å². The maximum atomic E-state index is 3.56. The van der Waals surface area contributed by atoms with Crippen molar-refractivity contribution in [2.45, 2.75) is 0 Å². The molecule has 0 atom stereocenters. The second-order valence-corrected chi connectivity index (χ2v) is 4.81. The molecule has 0 fully saturated rings. The predicted molar refractivity (Wildman–Crippen MR) is 66.2 cm³/mol. The van der Waals surface area contributed by atoms with Crippen molar-refractivity contribution in [3.63, 3.8) is 0 Å². The fourth-order valence-corrected chi connectivity index (χ4v) is 2.87. The Morgan fingerprint density at radius 2 is 1.64 bits per heavy atom. The van der Waals surface area contributed by atoms with Crippen LogP contribution in [0.2, 0.25) is 0 Å². The summed E-state index contributed by atoms with van der Waals surface area (Å²) >= 11 is 7.12. The Bertz CT molecular complexity index is 440. The van der Waals surface area contributed by atoms with Crippen LogP contribution in [0.3, 0.4) is 0 Å². The SMILES string of the molecule is Cn1cccc1-c1c(Br)cccc1Br. The molecule has 72 valence electrons. The first kappa shape index (κ1) is 9.99. The fraction of sp³-hybridized carbons (Fsp3) is 0.0909. The van der Waals surface area contributed by atoms with Crippen molar-refractivity contribution in [1.82, 2.24) is 4.57 Å². The van der Waals surface area contributed by atoms with Gasteiger partial charge in [-0.25, -0.2) is 0 Å². The maximum Gasteiger partial charge on any atom is 0.0500 e. The molecule has 1 aromatic heterocycles. The lowest BCUT2D eigenvalue weighted by atomic mass is 10.1. The molecule has 2 rings (SSSR count). The molecule has 1 nitrogen and oxygen atoms in total. The Balaban J connectivity index is 2.68. The predicted octanol–water partition coefficient (Wildman–Crippen LogP) is 4.22. The number of aryl methyl sites for hydroxylation is 1. The molecular formula is C11H9Br2N. The van der Waals surface area contributed by atoms with E-state index < -0.39 is 0 Å². The van der Waals surface area contributed by atoms with Crippen molar-refractivity contribution in [3.8, 4) is 11.3 Å². The molecule has 0 unspecified atom stereocenters. The first-order valence-corrected chi connectivity index (χ1v) is 5.84. The summed E-state index contributed by atoms with van der Waals surface area (Å²) < 4.78 is 4.31. The van der Waals surface area contributed by atoms with Crippen LogP contribution in [0.5, 0.6) is 0 Å². The van der Waals surface area contributed by atoms with Crippen molar-refractivity contribution >= 4 is 31.9 Å². The van der Waals surface area contributed by atoms with Crippen LogP contribution in [0.15, 0.2) is 45.5 Å². The summed E-state index contributed by atoms with van der Waals surface area (Å²) in [6, 6.07) is 10.3.